The molecule has 3 N–H and O–H groups in total. The highest BCUT2D eigenvalue weighted by atomic mass is 15.0. The predicted molar refractivity (Wildman–Crippen MR) is 99.7 cm³/mol. The molecule has 0 aliphatic carbocycles. The Bertz CT molecular complexity index is 672. The lowest BCUT2D eigenvalue weighted by molar-refractivity contribution is 0.544. The molecule has 2 rings (SSSR count). The molecule has 0 aliphatic heterocycles. The van der Waals surface area contributed by atoms with E-state index in [9.17, 15) is 0 Å². The molecule has 2 nitrogen and oxygen atoms in total. The number of benzene rings is 2. The highest BCUT2D eigenvalue weighted by Gasteiger charge is 2.17. The van der Waals surface area contributed by atoms with Gasteiger partial charge in [-0.15, -0.1) is 0 Å². The smallest absolute Gasteiger partial charge is 0.0818 e. The molecule has 0 aliphatic rings. The van der Waals surface area contributed by atoms with Crippen LogP contribution in [0, 0.1) is 34.6 Å². The third-order valence-corrected chi connectivity index (χ3v) is 5.38. The molecule has 0 bridgehead atoms. The first-order chi connectivity index (χ1) is 10.9. The van der Waals surface area contributed by atoms with E-state index in [-0.39, 0.29) is 6.17 Å². The van der Waals surface area contributed by atoms with Gasteiger partial charge in [0, 0.05) is 6.54 Å². The fourth-order valence-electron chi connectivity index (χ4n) is 3.39. The first kappa shape index (κ1) is 17.7. The minimum absolute atomic E-state index is 0.141. The number of rotatable bonds is 5. The summed E-state index contributed by atoms with van der Waals surface area (Å²) in [6.07, 6.45) is 0.909. The van der Waals surface area contributed by atoms with Crippen LogP contribution in [-0.4, -0.2) is 0 Å². The lowest BCUT2D eigenvalue weighted by Gasteiger charge is -2.24. The van der Waals surface area contributed by atoms with E-state index in [4.69, 9.17) is 5.73 Å². The van der Waals surface area contributed by atoms with Gasteiger partial charge in [-0.25, -0.2) is 0 Å². The molecular weight excluding hydrogens is 280 g/mol. The van der Waals surface area contributed by atoms with Crippen LogP contribution in [0.5, 0.6) is 0 Å². The fourth-order valence-corrected chi connectivity index (χ4v) is 3.39. The molecule has 1 unspecified atom stereocenters. The molecule has 0 saturated heterocycles. The van der Waals surface area contributed by atoms with Crippen molar-refractivity contribution in [1.29, 1.82) is 0 Å². The summed E-state index contributed by atoms with van der Waals surface area (Å²) >= 11 is 0. The molecule has 2 heteroatoms. The first-order valence-corrected chi connectivity index (χ1v) is 8.51. The summed E-state index contributed by atoms with van der Waals surface area (Å²) in [6.45, 7) is 14.0. The van der Waals surface area contributed by atoms with Crippen LogP contribution in [0.25, 0.3) is 0 Å². The van der Waals surface area contributed by atoms with E-state index < -0.39 is 0 Å². The quantitative estimate of drug-likeness (QED) is 0.796. The van der Waals surface area contributed by atoms with Gasteiger partial charge in [0.15, 0.2) is 0 Å². The second-order valence-corrected chi connectivity index (χ2v) is 6.52. The van der Waals surface area contributed by atoms with Gasteiger partial charge in [0.05, 0.1) is 6.17 Å². The zero-order chi connectivity index (χ0) is 17.1. The topological polar surface area (TPSA) is 38.0 Å². The lowest BCUT2D eigenvalue weighted by atomic mass is 9.88. The van der Waals surface area contributed by atoms with Crippen LogP contribution < -0.4 is 11.1 Å². The second kappa shape index (κ2) is 7.29. The summed E-state index contributed by atoms with van der Waals surface area (Å²) in [5.41, 5.74) is 17.2. The highest BCUT2D eigenvalue weighted by molar-refractivity contribution is 5.50. The van der Waals surface area contributed by atoms with Crippen LogP contribution in [0.4, 0.5) is 0 Å². The van der Waals surface area contributed by atoms with Gasteiger partial charge in [0.2, 0.25) is 0 Å². The summed E-state index contributed by atoms with van der Waals surface area (Å²) in [4.78, 5) is 0. The van der Waals surface area contributed by atoms with Crippen LogP contribution in [-0.2, 0) is 13.0 Å². The van der Waals surface area contributed by atoms with Gasteiger partial charge in [-0.05, 0) is 85.5 Å². The van der Waals surface area contributed by atoms with Gasteiger partial charge < -0.3 is 5.73 Å². The average molecular weight is 310 g/mol. The van der Waals surface area contributed by atoms with Crippen LogP contribution in [0.15, 0.2) is 24.3 Å². The highest BCUT2D eigenvalue weighted by Crippen LogP contribution is 2.29. The summed E-state index contributed by atoms with van der Waals surface area (Å²) in [5.74, 6) is 0. The van der Waals surface area contributed by atoms with Crippen molar-refractivity contribution in [3.8, 4) is 0 Å². The Hall–Kier alpha value is -1.64. The minimum Gasteiger partial charge on any atom is -0.312 e. The molecule has 0 saturated carbocycles. The molecule has 0 amide bonds. The maximum atomic E-state index is 6.51. The lowest BCUT2D eigenvalue weighted by Crippen LogP contribution is -2.30. The van der Waals surface area contributed by atoms with Gasteiger partial charge in [0.25, 0.3) is 0 Å². The molecule has 0 radical (unpaired) electrons. The van der Waals surface area contributed by atoms with E-state index >= 15 is 0 Å². The molecule has 2 aromatic rings. The number of nitrogens with one attached hydrogen (secondary N) is 1. The Labute approximate surface area is 141 Å². The Morgan fingerprint density at radius 3 is 1.83 bits per heavy atom. The van der Waals surface area contributed by atoms with E-state index in [2.05, 4.69) is 71.1 Å². The second-order valence-electron chi connectivity index (χ2n) is 6.52. The van der Waals surface area contributed by atoms with Crippen molar-refractivity contribution in [3.63, 3.8) is 0 Å². The molecule has 0 spiro atoms. The minimum atomic E-state index is -0.141. The molecule has 124 valence electrons. The summed E-state index contributed by atoms with van der Waals surface area (Å²) in [6, 6.07) is 8.57. The Morgan fingerprint density at radius 2 is 1.30 bits per heavy atom. The Balaban J connectivity index is 2.27. The van der Waals surface area contributed by atoms with Crippen LogP contribution in [0.1, 0.15) is 57.6 Å². The number of hydrogen-bond acceptors (Lipinski definition) is 2. The van der Waals surface area contributed by atoms with Crippen molar-refractivity contribution in [2.45, 2.75) is 60.7 Å². The van der Waals surface area contributed by atoms with Gasteiger partial charge in [-0.2, -0.15) is 0 Å². The summed E-state index contributed by atoms with van der Waals surface area (Å²) < 4.78 is 0. The van der Waals surface area contributed by atoms with Crippen molar-refractivity contribution in [2.24, 2.45) is 5.73 Å². The monoisotopic (exact) mass is 310 g/mol. The molecule has 0 heterocycles. The molecule has 0 fully saturated rings. The van der Waals surface area contributed by atoms with E-state index in [1.165, 1.54) is 44.5 Å². The summed E-state index contributed by atoms with van der Waals surface area (Å²) in [5, 5.41) is 3.52. The number of nitrogens with two attached hydrogens (primary N) is 1. The van der Waals surface area contributed by atoms with E-state index in [1.807, 2.05) is 0 Å². The number of aryl methyl sites for hydroxylation is 1. The Kier molecular flexibility index (Phi) is 5.61. The maximum Gasteiger partial charge on any atom is 0.0818 e. The average Bonchev–Trinajstić information content (AvgIpc) is 2.56. The Morgan fingerprint density at radius 1 is 0.826 bits per heavy atom. The molecular formula is C21H30N2. The molecule has 23 heavy (non-hydrogen) atoms. The zero-order valence-electron chi connectivity index (χ0n) is 15.4. The largest absolute Gasteiger partial charge is 0.312 e. The van der Waals surface area contributed by atoms with Crippen LogP contribution >= 0.6 is 0 Å². The SMILES string of the molecule is CCc1ccccc1CNC(N)c1c(C)c(C)c(C)c(C)c1C. The predicted octanol–water partition coefficient (Wildman–Crippen LogP) is 4.54. The molecule has 0 aromatic heterocycles. The van der Waals surface area contributed by atoms with Crippen LogP contribution in [0.2, 0.25) is 0 Å². The first-order valence-electron chi connectivity index (χ1n) is 8.51. The van der Waals surface area contributed by atoms with E-state index in [1.54, 1.807) is 0 Å². The van der Waals surface area contributed by atoms with Crippen molar-refractivity contribution in [1.82, 2.24) is 5.32 Å². The third kappa shape index (κ3) is 3.49. The van der Waals surface area contributed by atoms with Gasteiger partial charge in [-0.1, -0.05) is 31.2 Å². The maximum absolute atomic E-state index is 6.51. The van der Waals surface area contributed by atoms with Crippen molar-refractivity contribution in [3.05, 3.63) is 68.8 Å². The standard InChI is InChI=1S/C21H30N2/c1-7-18-10-8-9-11-19(18)12-23-21(22)20-16(5)14(3)13(2)15(4)17(20)6/h8-11,21,23H,7,12,22H2,1-6H3. The van der Waals surface area contributed by atoms with Gasteiger partial charge in [0.1, 0.15) is 0 Å². The number of hydrogen-bond donors (Lipinski definition) is 2. The fraction of sp³-hybridized carbons (Fsp3) is 0.429. The van der Waals surface area contributed by atoms with Crippen molar-refractivity contribution >= 4 is 0 Å². The normalized spacial score (nSPS) is 12.5. The molecule has 2 aromatic carbocycles. The van der Waals surface area contributed by atoms with Crippen molar-refractivity contribution in [2.75, 3.05) is 0 Å². The van der Waals surface area contributed by atoms with Crippen molar-refractivity contribution < 1.29 is 0 Å². The third-order valence-electron chi connectivity index (χ3n) is 5.38. The van der Waals surface area contributed by atoms with Crippen LogP contribution in [0.3, 0.4) is 0 Å². The van der Waals surface area contributed by atoms with E-state index in [0.29, 0.717) is 0 Å². The van der Waals surface area contributed by atoms with Gasteiger partial charge in [-0.3, -0.25) is 5.32 Å². The zero-order valence-corrected chi connectivity index (χ0v) is 15.4. The van der Waals surface area contributed by atoms with Gasteiger partial charge >= 0.3 is 0 Å². The summed E-state index contributed by atoms with van der Waals surface area (Å²) in [7, 11) is 0. The molecule has 1 atom stereocenters. The van der Waals surface area contributed by atoms with E-state index in [0.717, 1.165) is 13.0 Å².